The van der Waals surface area contributed by atoms with Gasteiger partial charge in [-0.1, -0.05) is 25.7 Å². The van der Waals surface area contributed by atoms with Crippen molar-refractivity contribution in [2.24, 2.45) is 5.73 Å². The van der Waals surface area contributed by atoms with Crippen LogP contribution in [-0.2, 0) is 0 Å². The second kappa shape index (κ2) is 5.00. The molecular weight excluding hydrogens is 224 g/mol. The zero-order valence-corrected chi connectivity index (χ0v) is 11.3. The van der Waals surface area contributed by atoms with Crippen LogP contribution in [0.2, 0.25) is 0 Å². The monoisotopic (exact) mass is 248 g/mol. The molecule has 3 rings (SSSR count). The lowest BCUT2D eigenvalue weighted by Gasteiger charge is -2.27. The SMILES string of the molecule is Cc1nnc(C2CCCC2N)n1C1CCCCC1. The van der Waals surface area contributed by atoms with Crippen LogP contribution in [0.5, 0.6) is 0 Å². The van der Waals surface area contributed by atoms with E-state index >= 15 is 0 Å². The fraction of sp³-hybridized carbons (Fsp3) is 0.857. The summed E-state index contributed by atoms with van der Waals surface area (Å²) in [6, 6.07) is 0.910. The standard InChI is InChI=1S/C14H24N4/c1-10-16-17-14(12-8-5-9-13(12)15)18(10)11-6-3-2-4-7-11/h11-13H,2-9,15H2,1H3. The molecule has 100 valence electrons. The van der Waals surface area contributed by atoms with Gasteiger partial charge in [-0.3, -0.25) is 0 Å². The predicted molar refractivity (Wildman–Crippen MR) is 71.4 cm³/mol. The number of hydrogen-bond acceptors (Lipinski definition) is 3. The van der Waals surface area contributed by atoms with Crippen molar-refractivity contribution in [3.8, 4) is 0 Å². The molecule has 1 aromatic heterocycles. The summed E-state index contributed by atoms with van der Waals surface area (Å²) in [7, 11) is 0. The molecule has 2 unspecified atom stereocenters. The van der Waals surface area contributed by atoms with Crippen molar-refractivity contribution in [2.75, 3.05) is 0 Å². The van der Waals surface area contributed by atoms with Crippen molar-refractivity contribution in [1.82, 2.24) is 14.8 Å². The van der Waals surface area contributed by atoms with Gasteiger partial charge < -0.3 is 10.3 Å². The Hall–Kier alpha value is -0.900. The van der Waals surface area contributed by atoms with E-state index in [4.69, 9.17) is 5.73 Å². The first-order valence-corrected chi connectivity index (χ1v) is 7.44. The van der Waals surface area contributed by atoms with E-state index < -0.39 is 0 Å². The number of aryl methyl sites for hydroxylation is 1. The second-order valence-corrected chi connectivity index (χ2v) is 5.97. The fourth-order valence-electron chi connectivity index (χ4n) is 3.74. The summed E-state index contributed by atoms with van der Waals surface area (Å²) in [4.78, 5) is 0. The molecule has 2 aliphatic carbocycles. The highest BCUT2D eigenvalue weighted by Crippen LogP contribution is 2.36. The minimum absolute atomic E-state index is 0.288. The van der Waals surface area contributed by atoms with Gasteiger partial charge in [0, 0.05) is 18.0 Å². The molecule has 2 N–H and O–H groups in total. The molecule has 1 heterocycles. The highest BCUT2D eigenvalue weighted by atomic mass is 15.3. The smallest absolute Gasteiger partial charge is 0.137 e. The van der Waals surface area contributed by atoms with Crippen LogP contribution in [0.4, 0.5) is 0 Å². The summed E-state index contributed by atoms with van der Waals surface area (Å²) < 4.78 is 2.41. The lowest BCUT2D eigenvalue weighted by atomic mass is 9.94. The third-order valence-electron chi connectivity index (χ3n) is 4.73. The molecular formula is C14H24N4. The molecule has 4 nitrogen and oxygen atoms in total. The topological polar surface area (TPSA) is 56.7 Å². The maximum absolute atomic E-state index is 6.24. The van der Waals surface area contributed by atoms with Gasteiger partial charge in [0.15, 0.2) is 0 Å². The van der Waals surface area contributed by atoms with Crippen molar-refractivity contribution < 1.29 is 0 Å². The van der Waals surface area contributed by atoms with Gasteiger partial charge in [-0.15, -0.1) is 10.2 Å². The third kappa shape index (κ3) is 2.07. The van der Waals surface area contributed by atoms with Gasteiger partial charge in [0.25, 0.3) is 0 Å². The molecule has 0 bridgehead atoms. The Balaban J connectivity index is 1.90. The summed E-state index contributed by atoms with van der Waals surface area (Å²) in [6.07, 6.45) is 10.2. The second-order valence-electron chi connectivity index (χ2n) is 5.97. The Bertz CT molecular complexity index is 406. The van der Waals surface area contributed by atoms with Gasteiger partial charge in [-0.05, 0) is 32.6 Å². The molecule has 0 spiro atoms. The van der Waals surface area contributed by atoms with Crippen molar-refractivity contribution in [1.29, 1.82) is 0 Å². The Morgan fingerprint density at radius 2 is 1.78 bits per heavy atom. The van der Waals surface area contributed by atoms with Gasteiger partial charge >= 0.3 is 0 Å². The average molecular weight is 248 g/mol. The minimum atomic E-state index is 0.288. The number of aromatic nitrogens is 3. The van der Waals surface area contributed by atoms with Crippen molar-refractivity contribution >= 4 is 0 Å². The molecule has 2 atom stereocenters. The number of rotatable bonds is 2. The van der Waals surface area contributed by atoms with E-state index in [-0.39, 0.29) is 6.04 Å². The summed E-state index contributed by atoms with van der Waals surface area (Å²) in [5.74, 6) is 2.69. The minimum Gasteiger partial charge on any atom is -0.327 e. The van der Waals surface area contributed by atoms with Gasteiger partial charge in [0.05, 0.1) is 0 Å². The normalized spacial score (nSPS) is 29.9. The predicted octanol–water partition coefficient (Wildman–Crippen LogP) is 2.69. The molecule has 2 aliphatic rings. The van der Waals surface area contributed by atoms with Gasteiger partial charge in [0.2, 0.25) is 0 Å². The van der Waals surface area contributed by atoms with Crippen LogP contribution in [0.25, 0.3) is 0 Å². The van der Waals surface area contributed by atoms with Crippen LogP contribution in [-0.4, -0.2) is 20.8 Å². The molecule has 1 aromatic rings. The zero-order valence-electron chi connectivity index (χ0n) is 11.3. The van der Waals surface area contributed by atoms with E-state index in [0.29, 0.717) is 12.0 Å². The molecule has 0 aromatic carbocycles. The van der Waals surface area contributed by atoms with E-state index in [1.807, 2.05) is 0 Å². The molecule has 2 fully saturated rings. The third-order valence-corrected chi connectivity index (χ3v) is 4.73. The van der Waals surface area contributed by atoms with E-state index in [1.54, 1.807) is 0 Å². The van der Waals surface area contributed by atoms with E-state index in [9.17, 15) is 0 Å². The summed E-state index contributed by atoms with van der Waals surface area (Å²) >= 11 is 0. The maximum atomic E-state index is 6.24. The quantitative estimate of drug-likeness (QED) is 0.875. The highest BCUT2D eigenvalue weighted by Gasteiger charge is 2.32. The van der Waals surface area contributed by atoms with Gasteiger partial charge in [0.1, 0.15) is 11.6 Å². The Kier molecular flexibility index (Phi) is 3.37. The fourth-order valence-corrected chi connectivity index (χ4v) is 3.74. The van der Waals surface area contributed by atoms with E-state index in [1.165, 1.54) is 50.8 Å². The number of hydrogen-bond donors (Lipinski definition) is 1. The first-order valence-electron chi connectivity index (χ1n) is 7.44. The van der Waals surface area contributed by atoms with E-state index in [2.05, 4.69) is 21.7 Å². The first-order chi connectivity index (χ1) is 8.77. The molecule has 0 saturated heterocycles. The highest BCUT2D eigenvalue weighted by molar-refractivity contribution is 5.09. The van der Waals surface area contributed by atoms with Gasteiger partial charge in [-0.25, -0.2) is 0 Å². The van der Waals surface area contributed by atoms with E-state index in [0.717, 1.165) is 12.2 Å². The molecule has 18 heavy (non-hydrogen) atoms. The summed E-state index contributed by atoms with van der Waals surface area (Å²) in [5, 5.41) is 8.78. The number of nitrogens with two attached hydrogens (primary N) is 1. The van der Waals surface area contributed by atoms with Crippen LogP contribution >= 0.6 is 0 Å². The van der Waals surface area contributed by atoms with Crippen LogP contribution in [0.15, 0.2) is 0 Å². The van der Waals surface area contributed by atoms with Crippen LogP contribution in [0, 0.1) is 6.92 Å². The summed E-state index contributed by atoms with van der Waals surface area (Å²) in [5.41, 5.74) is 6.24. The Labute approximate surface area is 109 Å². The van der Waals surface area contributed by atoms with Crippen LogP contribution in [0.3, 0.4) is 0 Å². The maximum Gasteiger partial charge on any atom is 0.137 e. The molecule has 4 heteroatoms. The molecule has 0 aliphatic heterocycles. The van der Waals surface area contributed by atoms with Crippen LogP contribution in [0.1, 0.15) is 75.0 Å². The number of nitrogens with zero attached hydrogens (tertiary/aromatic N) is 3. The van der Waals surface area contributed by atoms with Gasteiger partial charge in [-0.2, -0.15) is 0 Å². The van der Waals surface area contributed by atoms with Crippen molar-refractivity contribution in [3.63, 3.8) is 0 Å². The largest absolute Gasteiger partial charge is 0.327 e. The summed E-state index contributed by atoms with van der Waals surface area (Å²) in [6.45, 7) is 2.09. The van der Waals surface area contributed by atoms with Crippen molar-refractivity contribution in [3.05, 3.63) is 11.6 Å². The first kappa shape index (κ1) is 12.2. The zero-order chi connectivity index (χ0) is 12.5. The lowest BCUT2D eigenvalue weighted by molar-refractivity contribution is 0.333. The van der Waals surface area contributed by atoms with Crippen molar-refractivity contribution in [2.45, 2.75) is 76.3 Å². The Morgan fingerprint density at radius 1 is 1.00 bits per heavy atom. The van der Waals surface area contributed by atoms with Crippen LogP contribution < -0.4 is 5.73 Å². The molecule has 0 radical (unpaired) electrons. The molecule has 0 amide bonds. The molecule has 2 saturated carbocycles. The lowest BCUT2D eigenvalue weighted by Crippen LogP contribution is -2.27. The average Bonchev–Trinajstić information content (AvgIpc) is 2.96. The Morgan fingerprint density at radius 3 is 2.44 bits per heavy atom.